The number of carbonyl (C=O) groups is 1. The van der Waals surface area contributed by atoms with Crippen LogP contribution in [-0.2, 0) is 0 Å². The molecule has 1 aliphatic rings. The number of nitrogens with zero attached hydrogens (tertiary/aromatic N) is 3. The first-order valence-electron chi connectivity index (χ1n) is 6.76. The van der Waals surface area contributed by atoms with Crippen LogP contribution in [0.3, 0.4) is 0 Å². The summed E-state index contributed by atoms with van der Waals surface area (Å²) in [6, 6.07) is 2.27. The predicted octanol–water partition coefficient (Wildman–Crippen LogP) is 2.29. The van der Waals surface area contributed by atoms with Gasteiger partial charge in [0.1, 0.15) is 0 Å². The van der Waals surface area contributed by atoms with E-state index in [2.05, 4.69) is 23.7 Å². The summed E-state index contributed by atoms with van der Waals surface area (Å²) in [6.45, 7) is 7.83. The minimum atomic E-state index is 0.0104. The van der Waals surface area contributed by atoms with Gasteiger partial charge in [-0.05, 0) is 19.4 Å². The molecule has 1 atom stereocenters. The molecule has 5 heteroatoms. The topological polar surface area (TPSA) is 36.4 Å². The maximum atomic E-state index is 12.4. The maximum Gasteiger partial charge on any atom is 0.255 e. The smallest absolute Gasteiger partial charge is 0.255 e. The fourth-order valence-electron chi connectivity index (χ4n) is 2.34. The average molecular weight is 282 g/mol. The molecule has 0 radical (unpaired) electrons. The van der Waals surface area contributed by atoms with E-state index < -0.39 is 0 Å². The molecule has 104 valence electrons. The molecule has 4 nitrogen and oxygen atoms in total. The van der Waals surface area contributed by atoms with E-state index in [4.69, 9.17) is 11.6 Å². The average Bonchev–Trinajstić information content (AvgIpc) is 2.46. The van der Waals surface area contributed by atoms with E-state index in [1.54, 1.807) is 12.3 Å². The Morgan fingerprint density at radius 1 is 1.42 bits per heavy atom. The Bertz CT molecular complexity index is 444. The van der Waals surface area contributed by atoms with Crippen LogP contribution in [-0.4, -0.2) is 52.9 Å². The number of hydrogen-bond acceptors (Lipinski definition) is 3. The molecule has 2 rings (SSSR count). The summed E-state index contributed by atoms with van der Waals surface area (Å²) in [5.74, 6) is 0.0104. The Morgan fingerprint density at radius 3 is 2.68 bits per heavy atom. The zero-order chi connectivity index (χ0) is 13.8. The van der Waals surface area contributed by atoms with Gasteiger partial charge >= 0.3 is 0 Å². The third kappa shape index (κ3) is 3.25. The third-order valence-corrected chi connectivity index (χ3v) is 4.12. The quantitative estimate of drug-likeness (QED) is 0.853. The van der Waals surface area contributed by atoms with E-state index in [-0.39, 0.29) is 5.91 Å². The molecule has 1 fully saturated rings. The van der Waals surface area contributed by atoms with E-state index in [0.717, 1.165) is 32.6 Å². The summed E-state index contributed by atoms with van der Waals surface area (Å²) >= 11 is 6.02. The Morgan fingerprint density at radius 2 is 2.11 bits per heavy atom. The molecule has 1 unspecified atom stereocenters. The van der Waals surface area contributed by atoms with Crippen molar-refractivity contribution in [3.05, 3.63) is 29.0 Å². The van der Waals surface area contributed by atoms with Gasteiger partial charge in [-0.2, -0.15) is 0 Å². The number of amides is 1. The van der Waals surface area contributed by atoms with Crippen molar-refractivity contribution < 1.29 is 4.79 Å². The normalized spacial score (nSPS) is 18.4. The van der Waals surface area contributed by atoms with Gasteiger partial charge in [0.25, 0.3) is 5.91 Å². The standard InChI is InChI=1S/C14H20ClN3O/c1-3-11(2)17-6-8-18(9-7-17)14(19)12-4-5-16-10-13(12)15/h4-5,10-11H,3,6-9H2,1-2H3. The molecule has 19 heavy (non-hydrogen) atoms. The van der Waals surface area contributed by atoms with Crippen LogP contribution in [0.25, 0.3) is 0 Å². The summed E-state index contributed by atoms with van der Waals surface area (Å²) in [5, 5.41) is 0.428. The van der Waals surface area contributed by atoms with Crippen molar-refractivity contribution in [1.82, 2.24) is 14.8 Å². The number of pyridine rings is 1. The SMILES string of the molecule is CCC(C)N1CCN(C(=O)c2ccncc2Cl)CC1. The van der Waals surface area contributed by atoms with Gasteiger partial charge in [-0.25, -0.2) is 0 Å². The fraction of sp³-hybridized carbons (Fsp3) is 0.571. The van der Waals surface area contributed by atoms with Crippen LogP contribution in [0, 0.1) is 0 Å². The van der Waals surface area contributed by atoms with Crippen molar-refractivity contribution in [2.75, 3.05) is 26.2 Å². The summed E-state index contributed by atoms with van der Waals surface area (Å²) in [5.41, 5.74) is 0.550. The molecule has 2 heterocycles. The number of rotatable bonds is 3. The summed E-state index contributed by atoms with van der Waals surface area (Å²) in [6.07, 6.45) is 4.27. The van der Waals surface area contributed by atoms with Gasteiger partial charge in [-0.3, -0.25) is 14.7 Å². The molecule has 1 aromatic heterocycles. The van der Waals surface area contributed by atoms with Crippen LogP contribution in [0.15, 0.2) is 18.5 Å². The second-order valence-electron chi connectivity index (χ2n) is 4.94. The monoisotopic (exact) mass is 281 g/mol. The van der Waals surface area contributed by atoms with Gasteiger partial charge < -0.3 is 4.90 Å². The maximum absolute atomic E-state index is 12.4. The molecule has 0 bridgehead atoms. The minimum absolute atomic E-state index is 0.0104. The van der Waals surface area contributed by atoms with Crippen molar-refractivity contribution in [3.8, 4) is 0 Å². The lowest BCUT2D eigenvalue weighted by Crippen LogP contribution is -2.51. The minimum Gasteiger partial charge on any atom is -0.336 e. The molecule has 1 aliphatic heterocycles. The molecule has 0 aliphatic carbocycles. The zero-order valence-corrected chi connectivity index (χ0v) is 12.2. The summed E-state index contributed by atoms with van der Waals surface area (Å²) < 4.78 is 0. The highest BCUT2D eigenvalue weighted by atomic mass is 35.5. The fourth-order valence-corrected chi connectivity index (χ4v) is 2.54. The Hall–Kier alpha value is -1.13. The lowest BCUT2D eigenvalue weighted by atomic mass is 10.1. The molecule has 0 aromatic carbocycles. The van der Waals surface area contributed by atoms with Crippen LogP contribution in [0.1, 0.15) is 30.6 Å². The van der Waals surface area contributed by atoms with Crippen LogP contribution < -0.4 is 0 Å². The van der Waals surface area contributed by atoms with E-state index >= 15 is 0 Å². The third-order valence-electron chi connectivity index (χ3n) is 3.82. The highest BCUT2D eigenvalue weighted by Crippen LogP contribution is 2.17. The number of piperazine rings is 1. The number of carbonyl (C=O) groups excluding carboxylic acids is 1. The lowest BCUT2D eigenvalue weighted by molar-refractivity contribution is 0.0579. The Labute approximate surface area is 119 Å². The number of halogens is 1. The molecule has 0 N–H and O–H groups in total. The highest BCUT2D eigenvalue weighted by molar-refractivity contribution is 6.33. The van der Waals surface area contributed by atoms with Crippen molar-refractivity contribution in [3.63, 3.8) is 0 Å². The van der Waals surface area contributed by atoms with Gasteiger partial charge in [0.05, 0.1) is 10.6 Å². The van der Waals surface area contributed by atoms with E-state index in [9.17, 15) is 4.79 Å². The second-order valence-corrected chi connectivity index (χ2v) is 5.35. The van der Waals surface area contributed by atoms with Crippen molar-refractivity contribution in [2.24, 2.45) is 0 Å². The second kappa shape index (κ2) is 6.35. The number of aromatic nitrogens is 1. The zero-order valence-electron chi connectivity index (χ0n) is 11.5. The van der Waals surface area contributed by atoms with Crippen LogP contribution in [0.2, 0.25) is 5.02 Å². The molecule has 1 amide bonds. The van der Waals surface area contributed by atoms with Gasteiger partial charge in [0, 0.05) is 44.6 Å². The first kappa shape index (κ1) is 14.3. The Kier molecular flexibility index (Phi) is 4.77. The first-order valence-corrected chi connectivity index (χ1v) is 7.14. The van der Waals surface area contributed by atoms with Gasteiger partial charge in [0.15, 0.2) is 0 Å². The molecule has 0 spiro atoms. The predicted molar refractivity (Wildman–Crippen MR) is 76.5 cm³/mol. The molecule has 1 aromatic rings. The first-order chi connectivity index (χ1) is 9.13. The molecule has 0 saturated carbocycles. The molecular weight excluding hydrogens is 262 g/mol. The van der Waals surface area contributed by atoms with Gasteiger partial charge in [-0.15, -0.1) is 0 Å². The van der Waals surface area contributed by atoms with Gasteiger partial charge in [0.2, 0.25) is 0 Å². The summed E-state index contributed by atoms with van der Waals surface area (Å²) in [4.78, 5) is 20.6. The number of hydrogen-bond donors (Lipinski definition) is 0. The largest absolute Gasteiger partial charge is 0.336 e. The highest BCUT2D eigenvalue weighted by Gasteiger charge is 2.25. The molecular formula is C14H20ClN3O. The van der Waals surface area contributed by atoms with E-state index in [1.165, 1.54) is 6.20 Å². The van der Waals surface area contributed by atoms with Crippen molar-refractivity contribution in [2.45, 2.75) is 26.3 Å². The lowest BCUT2D eigenvalue weighted by Gasteiger charge is -2.37. The van der Waals surface area contributed by atoms with Crippen molar-refractivity contribution >= 4 is 17.5 Å². The van der Waals surface area contributed by atoms with E-state index in [1.807, 2.05) is 4.90 Å². The van der Waals surface area contributed by atoms with Crippen LogP contribution >= 0.6 is 11.6 Å². The van der Waals surface area contributed by atoms with Gasteiger partial charge in [-0.1, -0.05) is 18.5 Å². The Balaban J connectivity index is 1.98. The summed E-state index contributed by atoms with van der Waals surface area (Å²) in [7, 11) is 0. The van der Waals surface area contributed by atoms with Crippen LogP contribution in [0.5, 0.6) is 0 Å². The van der Waals surface area contributed by atoms with Crippen LogP contribution in [0.4, 0.5) is 0 Å². The molecule has 1 saturated heterocycles. The van der Waals surface area contributed by atoms with Crippen molar-refractivity contribution in [1.29, 1.82) is 0 Å². The van der Waals surface area contributed by atoms with E-state index in [0.29, 0.717) is 16.6 Å².